The first-order chi connectivity index (χ1) is 6.06. The molecule has 0 aromatic heterocycles. The highest BCUT2D eigenvalue weighted by atomic mass is 19.1. The van der Waals surface area contributed by atoms with Crippen LogP contribution in [0.1, 0.15) is 35.1 Å². The molecule has 0 rings (SSSR count). The third-order valence-corrected chi connectivity index (χ3v) is 0.289. The number of hydrogen-bond donors (Lipinski definition) is 0. The minimum atomic E-state index is -0.250. The lowest BCUT2D eigenvalue weighted by molar-refractivity contribution is -0.114. The maximum Gasteiger partial charge on any atom is 0.126 e. The Morgan fingerprint density at radius 1 is 1.21 bits per heavy atom. The van der Waals surface area contributed by atoms with Gasteiger partial charge in [0.1, 0.15) is 5.78 Å². The summed E-state index contributed by atoms with van der Waals surface area (Å²) in [5.74, 6) is 0.167. The molecule has 0 aliphatic rings. The zero-order valence-corrected chi connectivity index (χ0v) is 9.49. The van der Waals surface area contributed by atoms with Crippen LogP contribution in [0.5, 0.6) is 0 Å². The van der Waals surface area contributed by atoms with Gasteiger partial charge in [0.25, 0.3) is 0 Å². The number of carbonyl (C=O) groups is 1. The van der Waals surface area contributed by atoms with Crippen molar-refractivity contribution in [2.24, 2.45) is 0 Å². The van der Waals surface area contributed by atoms with Crippen LogP contribution in [0.3, 0.4) is 0 Å². The average Bonchev–Trinajstić information content (AvgIpc) is 2.08. The van der Waals surface area contributed by atoms with Gasteiger partial charge in [0.05, 0.1) is 13.9 Å². The number of carbonyl (C=O) groups excluding carboxylic acids is 1. The van der Waals surface area contributed by atoms with Crippen molar-refractivity contribution in [2.75, 3.05) is 27.6 Å². The summed E-state index contributed by atoms with van der Waals surface area (Å²) in [7, 11) is 2.18. The van der Waals surface area contributed by atoms with Gasteiger partial charge < -0.3 is 9.53 Å². The number of halogens is 2. The number of ether oxygens (including phenoxy) is 1. The fraction of sp³-hybridized carbons (Fsp3) is 0.900. The summed E-state index contributed by atoms with van der Waals surface area (Å²) in [5, 5.41) is 0. The highest BCUT2D eigenvalue weighted by Gasteiger charge is 1.62. The van der Waals surface area contributed by atoms with E-state index in [1.54, 1.807) is 7.11 Å². The normalized spacial score (nSPS) is 5.71. The maximum absolute atomic E-state index is 10.3. The quantitative estimate of drug-likeness (QED) is 0.671. The number of Topliss-reactive ketones (excluding diaryl/α,β-unsaturated/α-hetero) is 1. The lowest BCUT2D eigenvalue weighted by Gasteiger charge is -1.76. The minimum Gasteiger partial charge on any atom is -0.385 e. The van der Waals surface area contributed by atoms with Gasteiger partial charge in [-0.15, -0.1) is 0 Å². The number of hydrogen-bond acceptors (Lipinski definition) is 2. The van der Waals surface area contributed by atoms with E-state index in [0.29, 0.717) is 7.18 Å². The minimum absolute atomic E-state index is 0. The third-order valence-electron chi connectivity index (χ3n) is 0.289. The summed E-state index contributed by atoms with van der Waals surface area (Å²) >= 11 is 0. The van der Waals surface area contributed by atoms with Crippen molar-refractivity contribution < 1.29 is 18.3 Å². The molecule has 2 nitrogen and oxygen atoms in total. The van der Waals surface area contributed by atoms with Gasteiger partial charge in [-0.1, -0.05) is 7.43 Å². The number of methoxy groups -OCH3 is 1. The van der Waals surface area contributed by atoms with E-state index in [1.165, 1.54) is 20.8 Å². The highest BCUT2D eigenvalue weighted by molar-refractivity contribution is 5.72. The monoisotopic (exact) mass is 216 g/mol. The van der Waals surface area contributed by atoms with Crippen molar-refractivity contribution in [3.63, 3.8) is 0 Å². The van der Waals surface area contributed by atoms with E-state index < -0.39 is 0 Å². The number of alkyl halides is 2. The van der Waals surface area contributed by atoms with Crippen LogP contribution in [0.2, 0.25) is 0 Å². The predicted molar refractivity (Wildman–Crippen MR) is 59.3 cm³/mol. The van der Waals surface area contributed by atoms with Gasteiger partial charge in [0.2, 0.25) is 0 Å². The van der Waals surface area contributed by atoms with Crippen LogP contribution >= 0.6 is 0 Å². The fourth-order valence-corrected chi connectivity index (χ4v) is 0. The Bertz CT molecular complexity index is 63.1. The molecular weight excluding hydrogens is 190 g/mol. The molecule has 0 atom stereocenters. The zero-order chi connectivity index (χ0) is 11.7. The second-order valence-electron chi connectivity index (χ2n) is 1.75. The van der Waals surface area contributed by atoms with Gasteiger partial charge >= 0.3 is 0 Å². The van der Waals surface area contributed by atoms with Crippen molar-refractivity contribution in [1.82, 2.24) is 0 Å². The number of ketones is 1. The van der Waals surface area contributed by atoms with Gasteiger partial charge in [0, 0.05) is 13.7 Å². The lowest BCUT2D eigenvalue weighted by Crippen LogP contribution is -1.73. The Hall–Kier alpha value is -0.510. The van der Waals surface area contributed by atoms with Crippen molar-refractivity contribution >= 4 is 5.78 Å². The van der Waals surface area contributed by atoms with Crippen LogP contribution < -0.4 is 0 Å². The van der Waals surface area contributed by atoms with Crippen LogP contribution in [0.15, 0.2) is 0 Å². The van der Waals surface area contributed by atoms with E-state index in [-0.39, 0.29) is 19.9 Å². The zero-order valence-electron chi connectivity index (χ0n) is 9.49. The molecule has 0 unspecified atom stereocenters. The first kappa shape index (κ1) is 29.2. The molecule has 92 valence electrons. The van der Waals surface area contributed by atoms with Gasteiger partial charge in [-0.3, -0.25) is 8.78 Å². The van der Waals surface area contributed by atoms with Crippen molar-refractivity contribution in [3.05, 3.63) is 0 Å². The smallest absolute Gasteiger partial charge is 0.126 e. The summed E-state index contributed by atoms with van der Waals surface area (Å²) in [5.41, 5.74) is 0. The van der Waals surface area contributed by atoms with Crippen molar-refractivity contribution in [2.45, 2.75) is 35.1 Å². The van der Waals surface area contributed by atoms with E-state index in [9.17, 15) is 13.6 Å². The van der Waals surface area contributed by atoms with Gasteiger partial charge in [-0.05, 0) is 27.7 Å². The lowest BCUT2D eigenvalue weighted by atomic mass is 10.6. The standard InChI is InChI=1S/C3H8O.C3H6O.C2H5F.CH3F.CH4/c1-3-4-2;1-3(2)4;1-2-3;1-2;/h3H2,1-2H3;1-2H3;2H2,1H3;1H3;1H4. The molecule has 14 heavy (non-hydrogen) atoms. The molecule has 0 saturated heterocycles. The van der Waals surface area contributed by atoms with Gasteiger partial charge in [-0.25, -0.2) is 0 Å². The Kier molecular flexibility index (Phi) is 114. The molecular formula is C10H26F2O2. The summed E-state index contributed by atoms with van der Waals surface area (Å²) in [6.45, 7) is 7.04. The van der Waals surface area contributed by atoms with Crippen LogP contribution in [0.4, 0.5) is 8.78 Å². The van der Waals surface area contributed by atoms with Crippen LogP contribution in [-0.4, -0.2) is 33.4 Å². The first-order valence-electron chi connectivity index (χ1n) is 3.96. The van der Waals surface area contributed by atoms with Gasteiger partial charge in [-0.2, -0.15) is 0 Å². The molecule has 0 radical (unpaired) electrons. The van der Waals surface area contributed by atoms with E-state index in [4.69, 9.17) is 0 Å². The second kappa shape index (κ2) is 54.7. The maximum atomic E-state index is 10.3. The average molecular weight is 216 g/mol. The van der Waals surface area contributed by atoms with Crippen LogP contribution in [-0.2, 0) is 9.53 Å². The second-order valence-corrected chi connectivity index (χ2v) is 1.75. The SMILES string of the molecule is C.CC(C)=O.CCF.CCOC.CF. The van der Waals surface area contributed by atoms with Crippen molar-refractivity contribution in [3.8, 4) is 0 Å². The highest BCUT2D eigenvalue weighted by Crippen LogP contribution is 1.52. The molecule has 0 spiro atoms. The molecule has 0 aromatic carbocycles. The Balaban J connectivity index is -0.0000000260. The molecule has 0 fully saturated rings. The molecule has 0 N–H and O–H groups in total. The molecule has 0 heterocycles. The summed E-state index contributed by atoms with van der Waals surface area (Å²) in [6, 6.07) is 0. The summed E-state index contributed by atoms with van der Waals surface area (Å²) in [6.07, 6.45) is 0. The molecule has 0 aliphatic carbocycles. The molecule has 0 amide bonds. The summed E-state index contributed by atoms with van der Waals surface area (Å²) in [4.78, 5) is 9.44. The van der Waals surface area contributed by atoms with Gasteiger partial charge in [0.15, 0.2) is 0 Å². The van der Waals surface area contributed by atoms with E-state index in [0.717, 1.165) is 6.61 Å². The third kappa shape index (κ3) is 5270. The molecule has 0 aromatic rings. The van der Waals surface area contributed by atoms with E-state index >= 15 is 0 Å². The fourth-order valence-electron chi connectivity index (χ4n) is 0. The van der Waals surface area contributed by atoms with Crippen LogP contribution in [0, 0.1) is 0 Å². The Morgan fingerprint density at radius 3 is 1.29 bits per heavy atom. The first-order valence-corrected chi connectivity index (χ1v) is 3.96. The van der Waals surface area contributed by atoms with Crippen molar-refractivity contribution in [1.29, 1.82) is 0 Å². The topological polar surface area (TPSA) is 26.3 Å². The Labute approximate surface area is 87.7 Å². The molecule has 0 aliphatic heterocycles. The van der Waals surface area contributed by atoms with Crippen LogP contribution in [0.25, 0.3) is 0 Å². The Morgan fingerprint density at radius 2 is 1.29 bits per heavy atom. The largest absolute Gasteiger partial charge is 0.385 e. The summed E-state index contributed by atoms with van der Waals surface area (Å²) < 4.78 is 24.3. The predicted octanol–water partition coefficient (Wildman–Crippen LogP) is 3.45. The number of rotatable bonds is 1. The van der Waals surface area contributed by atoms with E-state index in [1.807, 2.05) is 6.92 Å². The molecule has 4 heteroatoms. The molecule has 0 saturated carbocycles. The molecule has 0 bridgehead atoms. The van der Waals surface area contributed by atoms with E-state index in [2.05, 4.69) is 4.74 Å².